The number of hydrogen-bond acceptors (Lipinski definition) is 2. The first-order chi connectivity index (χ1) is 11.6. The molecule has 122 valence electrons. The maximum atomic E-state index is 13.0. The van der Waals surface area contributed by atoms with E-state index >= 15 is 0 Å². The Bertz CT molecular complexity index is 824. The molecular weight excluding hydrogens is 307 g/mol. The molecule has 0 bridgehead atoms. The molecule has 24 heavy (non-hydrogen) atoms. The highest BCUT2D eigenvalue weighted by atomic mass is 19.1. The molecule has 2 aliphatic rings. The highest BCUT2D eigenvalue weighted by Gasteiger charge is 2.48. The van der Waals surface area contributed by atoms with Crippen LogP contribution in [-0.2, 0) is 10.2 Å². The number of carbonyl (C=O) groups excluding carboxylic acids is 2. The van der Waals surface area contributed by atoms with E-state index in [9.17, 15) is 14.0 Å². The summed E-state index contributed by atoms with van der Waals surface area (Å²) >= 11 is 0. The van der Waals surface area contributed by atoms with Gasteiger partial charge < -0.3 is 10.6 Å². The first kappa shape index (κ1) is 14.9. The van der Waals surface area contributed by atoms with E-state index in [2.05, 4.69) is 10.6 Å². The second-order valence-corrected chi connectivity index (χ2v) is 6.46. The van der Waals surface area contributed by atoms with E-state index in [1.54, 1.807) is 6.07 Å². The van der Waals surface area contributed by atoms with E-state index in [0.717, 1.165) is 36.9 Å². The van der Waals surface area contributed by atoms with Gasteiger partial charge in [0.15, 0.2) is 0 Å². The largest absolute Gasteiger partial charge is 0.325 e. The fourth-order valence-electron chi connectivity index (χ4n) is 3.77. The predicted molar refractivity (Wildman–Crippen MR) is 89.6 cm³/mol. The third-order valence-corrected chi connectivity index (χ3v) is 5.04. The topological polar surface area (TPSA) is 58.2 Å². The van der Waals surface area contributed by atoms with Gasteiger partial charge in [0.25, 0.3) is 5.91 Å². The smallest absolute Gasteiger partial charge is 0.255 e. The quantitative estimate of drug-likeness (QED) is 0.882. The third-order valence-electron chi connectivity index (χ3n) is 5.04. The van der Waals surface area contributed by atoms with E-state index in [1.165, 1.54) is 24.3 Å². The fraction of sp³-hybridized carbons (Fsp3) is 0.263. The second kappa shape index (κ2) is 5.44. The maximum Gasteiger partial charge on any atom is 0.255 e. The Hall–Kier alpha value is -2.69. The van der Waals surface area contributed by atoms with E-state index in [1.807, 2.05) is 12.1 Å². The number of fused-ring (bicyclic) bond motifs is 2. The van der Waals surface area contributed by atoms with E-state index < -0.39 is 5.41 Å². The second-order valence-electron chi connectivity index (χ2n) is 6.46. The Morgan fingerprint density at radius 1 is 1.08 bits per heavy atom. The zero-order valence-corrected chi connectivity index (χ0v) is 13.1. The number of amides is 2. The molecule has 1 fully saturated rings. The molecule has 0 unspecified atom stereocenters. The van der Waals surface area contributed by atoms with Gasteiger partial charge in [-0.1, -0.05) is 12.8 Å². The van der Waals surface area contributed by atoms with Crippen molar-refractivity contribution in [1.29, 1.82) is 0 Å². The van der Waals surface area contributed by atoms with Gasteiger partial charge in [-0.25, -0.2) is 4.39 Å². The summed E-state index contributed by atoms with van der Waals surface area (Å²) in [6, 6.07) is 10.9. The van der Waals surface area contributed by atoms with Crippen LogP contribution in [0.1, 0.15) is 41.6 Å². The summed E-state index contributed by atoms with van der Waals surface area (Å²) in [6.07, 6.45) is 3.78. The molecule has 5 heteroatoms. The predicted octanol–water partition coefficient (Wildman–Crippen LogP) is 3.84. The highest BCUT2D eigenvalue weighted by Crippen LogP contribution is 2.49. The molecule has 1 aliphatic heterocycles. The highest BCUT2D eigenvalue weighted by molar-refractivity contribution is 6.08. The lowest BCUT2D eigenvalue weighted by Crippen LogP contribution is -2.31. The average Bonchev–Trinajstić information content (AvgIpc) is 3.16. The molecule has 1 heterocycles. The maximum absolute atomic E-state index is 13.0. The van der Waals surface area contributed by atoms with Gasteiger partial charge in [0.05, 0.1) is 5.41 Å². The number of carbonyl (C=O) groups is 2. The van der Waals surface area contributed by atoms with Gasteiger partial charge >= 0.3 is 0 Å². The lowest BCUT2D eigenvalue weighted by atomic mass is 9.80. The van der Waals surface area contributed by atoms with Crippen molar-refractivity contribution in [2.75, 3.05) is 10.6 Å². The van der Waals surface area contributed by atoms with Gasteiger partial charge in [-0.05, 0) is 60.9 Å². The van der Waals surface area contributed by atoms with Crippen molar-refractivity contribution in [3.05, 3.63) is 59.4 Å². The molecule has 2 aromatic carbocycles. The molecule has 1 saturated carbocycles. The van der Waals surface area contributed by atoms with Crippen molar-refractivity contribution in [2.45, 2.75) is 31.1 Å². The molecule has 4 nitrogen and oxygen atoms in total. The molecule has 1 aliphatic carbocycles. The lowest BCUT2D eigenvalue weighted by Gasteiger charge is -2.21. The molecular formula is C19H17FN2O2. The summed E-state index contributed by atoms with van der Waals surface area (Å²) in [7, 11) is 0. The number of benzene rings is 2. The minimum Gasteiger partial charge on any atom is -0.325 e. The van der Waals surface area contributed by atoms with Crippen LogP contribution in [0.5, 0.6) is 0 Å². The normalized spacial score (nSPS) is 17.6. The van der Waals surface area contributed by atoms with Crippen molar-refractivity contribution in [3.8, 4) is 0 Å². The summed E-state index contributed by atoms with van der Waals surface area (Å²) in [4.78, 5) is 24.7. The molecule has 4 rings (SSSR count). The van der Waals surface area contributed by atoms with Crippen molar-refractivity contribution < 1.29 is 14.0 Å². The number of nitrogens with one attached hydrogen (secondary N) is 2. The first-order valence-corrected chi connectivity index (χ1v) is 8.11. The first-order valence-electron chi connectivity index (χ1n) is 8.11. The zero-order chi connectivity index (χ0) is 16.7. The van der Waals surface area contributed by atoms with Crippen LogP contribution in [-0.4, -0.2) is 11.8 Å². The number of hydrogen-bond donors (Lipinski definition) is 2. The van der Waals surface area contributed by atoms with Crippen LogP contribution in [0.3, 0.4) is 0 Å². The monoisotopic (exact) mass is 324 g/mol. The lowest BCUT2D eigenvalue weighted by molar-refractivity contribution is -0.120. The molecule has 0 saturated heterocycles. The molecule has 0 atom stereocenters. The Balaban J connectivity index is 1.62. The Morgan fingerprint density at radius 2 is 1.79 bits per heavy atom. The minimum absolute atomic E-state index is 0.0667. The van der Waals surface area contributed by atoms with Crippen molar-refractivity contribution in [1.82, 2.24) is 0 Å². The van der Waals surface area contributed by atoms with Crippen LogP contribution >= 0.6 is 0 Å². The Morgan fingerprint density at radius 3 is 2.50 bits per heavy atom. The Labute approximate surface area is 139 Å². The van der Waals surface area contributed by atoms with Gasteiger partial charge in [0.2, 0.25) is 5.91 Å². The zero-order valence-electron chi connectivity index (χ0n) is 13.1. The van der Waals surface area contributed by atoms with Crippen molar-refractivity contribution >= 4 is 23.2 Å². The molecule has 2 N–H and O–H groups in total. The molecule has 1 spiro atoms. The summed E-state index contributed by atoms with van der Waals surface area (Å²) in [5.41, 5.74) is 2.41. The summed E-state index contributed by atoms with van der Waals surface area (Å²) in [5.74, 6) is -0.610. The van der Waals surface area contributed by atoms with E-state index in [-0.39, 0.29) is 17.6 Å². The van der Waals surface area contributed by atoms with Gasteiger partial charge in [-0.3, -0.25) is 9.59 Å². The molecule has 0 radical (unpaired) electrons. The van der Waals surface area contributed by atoms with Crippen LogP contribution in [0.2, 0.25) is 0 Å². The number of anilines is 2. The van der Waals surface area contributed by atoms with Gasteiger partial charge in [-0.2, -0.15) is 0 Å². The van der Waals surface area contributed by atoms with Crippen molar-refractivity contribution in [3.63, 3.8) is 0 Å². The van der Waals surface area contributed by atoms with Crippen LogP contribution < -0.4 is 10.6 Å². The fourth-order valence-corrected chi connectivity index (χ4v) is 3.77. The van der Waals surface area contributed by atoms with Crippen LogP contribution in [0.4, 0.5) is 15.8 Å². The van der Waals surface area contributed by atoms with E-state index in [4.69, 9.17) is 0 Å². The molecule has 2 amide bonds. The molecule has 0 aromatic heterocycles. The van der Waals surface area contributed by atoms with Crippen LogP contribution in [0, 0.1) is 5.82 Å². The van der Waals surface area contributed by atoms with Crippen LogP contribution in [0.25, 0.3) is 0 Å². The minimum atomic E-state index is -0.439. The van der Waals surface area contributed by atoms with Crippen LogP contribution in [0.15, 0.2) is 42.5 Å². The summed E-state index contributed by atoms with van der Waals surface area (Å²) < 4.78 is 13.0. The van der Waals surface area contributed by atoms with Crippen molar-refractivity contribution in [2.24, 2.45) is 0 Å². The van der Waals surface area contributed by atoms with Gasteiger partial charge in [-0.15, -0.1) is 0 Å². The molecule has 2 aromatic rings. The number of rotatable bonds is 2. The van der Waals surface area contributed by atoms with Gasteiger partial charge in [0.1, 0.15) is 5.82 Å². The van der Waals surface area contributed by atoms with E-state index in [0.29, 0.717) is 11.3 Å². The third kappa shape index (κ3) is 2.28. The Kier molecular flexibility index (Phi) is 3.37. The standard InChI is InChI=1S/C19H17FN2O2/c20-13-5-3-12(4-6-13)17(23)21-14-7-8-16-15(11-14)19(18(24)22-16)9-1-2-10-19/h3-8,11H,1-2,9-10H2,(H,21,23)(H,22,24). The number of halogens is 1. The summed E-state index contributed by atoms with van der Waals surface area (Å²) in [6.45, 7) is 0. The average molecular weight is 324 g/mol. The summed E-state index contributed by atoms with van der Waals surface area (Å²) in [5, 5.41) is 5.78. The SMILES string of the molecule is O=C(Nc1ccc2c(c1)C1(CCCC1)C(=O)N2)c1ccc(F)cc1. The van der Waals surface area contributed by atoms with Gasteiger partial charge in [0, 0.05) is 16.9 Å².